The third kappa shape index (κ3) is 1.25. The van der Waals surface area contributed by atoms with Crippen LogP contribution in [-0.2, 0) is 0 Å². The molecule has 0 saturated carbocycles. The highest BCUT2D eigenvalue weighted by Gasteiger charge is 2.22. The highest BCUT2D eigenvalue weighted by molar-refractivity contribution is 6.14. The summed E-state index contributed by atoms with van der Waals surface area (Å²) in [6.07, 6.45) is 4.91. The van der Waals surface area contributed by atoms with Crippen molar-refractivity contribution in [3.8, 4) is 16.9 Å². The number of nitrogens with zero attached hydrogens (tertiary/aromatic N) is 1. The predicted molar refractivity (Wildman–Crippen MR) is 74.5 cm³/mol. The van der Waals surface area contributed by atoms with E-state index in [1.165, 1.54) is 0 Å². The van der Waals surface area contributed by atoms with Crippen LogP contribution in [0.3, 0.4) is 0 Å². The Morgan fingerprint density at radius 1 is 1.15 bits per heavy atom. The van der Waals surface area contributed by atoms with Gasteiger partial charge >= 0.3 is 0 Å². The number of nitrogens with one attached hydrogen (secondary N) is 1. The number of methoxy groups -OCH3 is 1. The lowest BCUT2D eigenvalue weighted by Gasteiger charge is -2.07. The maximum atomic E-state index is 5.94. The number of benzene rings is 1. The molecule has 20 heavy (non-hydrogen) atoms. The van der Waals surface area contributed by atoms with Gasteiger partial charge in [0.1, 0.15) is 11.4 Å². The van der Waals surface area contributed by atoms with Crippen molar-refractivity contribution in [1.82, 2.24) is 10.2 Å². The number of nitrogens with two attached hydrogens (primary N) is 1. The van der Waals surface area contributed by atoms with Crippen LogP contribution >= 0.6 is 0 Å². The van der Waals surface area contributed by atoms with Crippen LogP contribution in [0.15, 0.2) is 39.7 Å². The number of hydrogen-bond acceptors (Lipinski definition) is 5. The van der Waals surface area contributed by atoms with Crippen LogP contribution in [-0.4, -0.2) is 17.3 Å². The molecular weight excluding hydrogens is 258 g/mol. The van der Waals surface area contributed by atoms with Gasteiger partial charge in [0.15, 0.2) is 11.3 Å². The SMILES string of the molecule is COc1c2ccoc2c(-c2cn[nH]c2N)c2ccoc12. The van der Waals surface area contributed by atoms with Gasteiger partial charge in [0.25, 0.3) is 0 Å². The smallest absolute Gasteiger partial charge is 0.177 e. The summed E-state index contributed by atoms with van der Waals surface area (Å²) in [6, 6.07) is 3.71. The van der Waals surface area contributed by atoms with Gasteiger partial charge in [-0.3, -0.25) is 5.10 Å². The Balaban J connectivity index is 2.26. The van der Waals surface area contributed by atoms with Crippen molar-refractivity contribution in [1.29, 1.82) is 0 Å². The van der Waals surface area contributed by atoms with E-state index in [0.717, 1.165) is 21.9 Å². The molecule has 3 aromatic heterocycles. The second-order valence-corrected chi connectivity index (χ2v) is 4.43. The van der Waals surface area contributed by atoms with Gasteiger partial charge in [0.05, 0.1) is 31.2 Å². The van der Waals surface area contributed by atoms with Crippen LogP contribution in [0.1, 0.15) is 0 Å². The number of furan rings is 2. The Labute approximate surface area is 113 Å². The number of rotatable bonds is 2. The molecule has 0 atom stereocenters. The highest BCUT2D eigenvalue weighted by atomic mass is 16.5. The van der Waals surface area contributed by atoms with Crippen LogP contribution in [0.25, 0.3) is 33.1 Å². The van der Waals surface area contributed by atoms with E-state index in [0.29, 0.717) is 22.7 Å². The summed E-state index contributed by atoms with van der Waals surface area (Å²) in [5.74, 6) is 1.13. The molecule has 4 aromatic rings. The van der Waals surface area contributed by atoms with Crippen LogP contribution in [0, 0.1) is 0 Å². The van der Waals surface area contributed by atoms with Crippen molar-refractivity contribution in [2.24, 2.45) is 0 Å². The zero-order chi connectivity index (χ0) is 13.7. The zero-order valence-electron chi connectivity index (χ0n) is 10.6. The summed E-state index contributed by atoms with van der Waals surface area (Å²) < 4.78 is 16.6. The maximum absolute atomic E-state index is 5.94. The van der Waals surface area contributed by atoms with Crippen molar-refractivity contribution in [2.75, 3.05) is 12.8 Å². The first-order chi connectivity index (χ1) is 9.81. The summed E-state index contributed by atoms with van der Waals surface area (Å²) in [6.45, 7) is 0. The van der Waals surface area contributed by atoms with E-state index in [4.69, 9.17) is 19.3 Å². The minimum Gasteiger partial charge on any atom is -0.492 e. The van der Waals surface area contributed by atoms with E-state index in [9.17, 15) is 0 Å². The third-order valence-corrected chi connectivity index (χ3v) is 3.42. The van der Waals surface area contributed by atoms with Gasteiger partial charge < -0.3 is 19.3 Å². The number of anilines is 1. The first-order valence-electron chi connectivity index (χ1n) is 6.05. The molecule has 4 rings (SSSR count). The summed E-state index contributed by atoms with van der Waals surface area (Å²) >= 11 is 0. The lowest BCUT2D eigenvalue weighted by atomic mass is 10.0. The Kier molecular flexibility index (Phi) is 2.09. The fourth-order valence-corrected chi connectivity index (χ4v) is 2.57. The third-order valence-electron chi connectivity index (χ3n) is 3.42. The van der Waals surface area contributed by atoms with Crippen LogP contribution < -0.4 is 10.5 Å². The van der Waals surface area contributed by atoms with Crippen molar-refractivity contribution in [3.05, 3.63) is 30.9 Å². The average Bonchev–Trinajstić information content (AvgIpc) is 3.15. The molecule has 6 heteroatoms. The lowest BCUT2D eigenvalue weighted by Crippen LogP contribution is -1.90. The number of hydrogen-bond donors (Lipinski definition) is 2. The molecule has 0 aliphatic carbocycles. The minimum absolute atomic E-state index is 0.482. The van der Waals surface area contributed by atoms with Gasteiger partial charge in [-0.2, -0.15) is 5.10 Å². The van der Waals surface area contributed by atoms with Gasteiger partial charge in [0.2, 0.25) is 0 Å². The number of fused-ring (bicyclic) bond motifs is 2. The topological polar surface area (TPSA) is 90.2 Å². The number of nitrogen functional groups attached to an aromatic ring is 1. The van der Waals surface area contributed by atoms with Gasteiger partial charge in [-0.05, 0) is 12.1 Å². The van der Waals surface area contributed by atoms with Gasteiger partial charge in [-0.1, -0.05) is 0 Å². The predicted octanol–water partition coefficient (Wildman–Crippen LogP) is 3.16. The molecule has 0 aliphatic rings. The fraction of sp³-hybridized carbons (Fsp3) is 0.0714. The van der Waals surface area contributed by atoms with Crippen LogP contribution in [0.5, 0.6) is 5.75 Å². The lowest BCUT2D eigenvalue weighted by molar-refractivity contribution is 0.415. The van der Waals surface area contributed by atoms with Crippen LogP contribution in [0.4, 0.5) is 5.82 Å². The van der Waals surface area contributed by atoms with E-state index in [1.807, 2.05) is 12.1 Å². The number of ether oxygens (including phenoxy) is 1. The Bertz CT molecular complexity index is 865. The molecule has 3 heterocycles. The first kappa shape index (κ1) is 11.0. The normalized spacial score (nSPS) is 11.4. The van der Waals surface area contributed by atoms with Crippen LogP contribution in [0.2, 0.25) is 0 Å². The molecular formula is C14H11N3O3. The van der Waals surface area contributed by atoms with Gasteiger partial charge in [-0.15, -0.1) is 0 Å². The standard InChI is InChI=1S/C14H11N3O3/c1-18-12-8-3-5-19-11(8)10(7-2-4-20-13(7)12)9-6-16-17-14(9)15/h2-6H,1H3,(H3,15,16,17). The van der Waals surface area contributed by atoms with E-state index < -0.39 is 0 Å². The fourth-order valence-electron chi connectivity index (χ4n) is 2.57. The monoisotopic (exact) mass is 269 g/mol. The minimum atomic E-state index is 0.482. The molecule has 0 amide bonds. The van der Waals surface area contributed by atoms with Gasteiger partial charge in [-0.25, -0.2) is 0 Å². The summed E-state index contributed by atoms with van der Waals surface area (Å²) in [4.78, 5) is 0. The Morgan fingerprint density at radius 2 is 1.90 bits per heavy atom. The molecule has 0 bridgehead atoms. The molecule has 0 radical (unpaired) electrons. The quantitative estimate of drug-likeness (QED) is 0.583. The van der Waals surface area contributed by atoms with E-state index in [2.05, 4.69) is 10.2 Å². The summed E-state index contributed by atoms with van der Waals surface area (Å²) in [7, 11) is 1.61. The first-order valence-corrected chi connectivity index (χ1v) is 6.05. The second-order valence-electron chi connectivity index (χ2n) is 4.43. The second kappa shape index (κ2) is 3.80. The van der Waals surface area contributed by atoms with Crippen molar-refractivity contribution in [3.63, 3.8) is 0 Å². The van der Waals surface area contributed by atoms with E-state index in [1.54, 1.807) is 25.8 Å². The van der Waals surface area contributed by atoms with Crippen molar-refractivity contribution < 1.29 is 13.6 Å². The summed E-state index contributed by atoms with van der Waals surface area (Å²) in [5, 5.41) is 8.41. The van der Waals surface area contributed by atoms with E-state index in [-0.39, 0.29) is 0 Å². The molecule has 0 aliphatic heterocycles. The molecule has 1 aromatic carbocycles. The van der Waals surface area contributed by atoms with E-state index >= 15 is 0 Å². The maximum Gasteiger partial charge on any atom is 0.177 e. The summed E-state index contributed by atoms with van der Waals surface area (Å²) in [5.41, 5.74) is 8.93. The highest BCUT2D eigenvalue weighted by Crippen LogP contribution is 2.44. The molecule has 0 unspecified atom stereocenters. The number of aromatic nitrogens is 2. The molecule has 6 nitrogen and oxygen atoms in total. The van der Waals surface area contributed by atoms with Crippen molar-refractivity contribution in [2.45, 2.75) is 0 Å². The molecule has 0 saturated heterocycles. The molecule has 0 fully saturated rings. The molecule has 3 N–H and O–H groups in total. The largest absolute Gasteiger partial charge is 0.492 e. The Morgan fingerprint density at radius 3 is 2.60 bits per heavy atom. The average molecular weight is 269 g/mol. The van der Waals surface area contributed by atoms with Gasteiger partial charge in [0, 0.05) is 16.5 Å². The Hall–Kier alpha value is -2.89. The molecule has 100 valence electrons. The number of H-pyrrole nitrogens is 1. The number of aromatic amines is 1. The van der Waals surface area contributed by atoms with Crippen molar-refractivity contribution >= 4 is 27.8 Å². The molecule has 0 spiro atoms. The zero-order valence-corrected chi connectivity index (χ0v) is 10.6.